The van der Waals surface area contributed by atoms with Crippen molar-refractivity contribution < 1.29 is 19.1 Å². The maximum atomic E-state index is 11.7. The van der Waals surface area contributed by atoms with Crippen LogP contribution in [0, 0.1) is 0 Å². The second-order valence-corrected chi connectivity index (χ2v) is 5.29. The molecule has 1 amide bonds. The van der Waals surface area contributed by atoms with E-state index in [9.17, 15) is 9.59 Å². The fourth-order valence-corrected chi connectivity index (χ4v) is 2.03. The molecule has 24 heavy (non-hydrogen) atoms. The number of hydrogen-bond acceptors (Lipinski definition) is 6. The molecule has 0 radical (unpaired) electrons. The average Bonchev–Trinajstić information content (AvgIpc) is 2.62. The number of nitrogens with one attached hydrogen (secondary N) is 1. The minimum absolute atomic E-state index is 0.267. The highest BCUT2D eigenvalue weighted by molar-refractivity contribution is 7.80. The molecular formula is C17H18N2O4S. The molecule has 0 aliphatic carbocycles. The van der Waals surface area contributed by atoms with Gasteiger partial charge in [-0.25, -0.2) is 4.79 Å². The van der Waals surface area contributed by atoms with E-state index in [2.05, 4.69) is 22.7 Å². The summed E-state index contributed by atoms with van der Waals surface area (Å²) in [7, 11) is 1.32. The summed E-state index contributed by atoms with van der Waals surface area (Å²) in [6, 6.07) is 12.8. The van der Waals surface area contributed by atoms with Gasteiger partial charge in [0.25, 0.3) is 0 Å². The molecule has 0 spiro atoms. The van der Waals surface area contributed by atoms with Crippen LogP contribution in [0.15, 0.2) is 48.5 Å². The molecule has 0 aliphatic rings. The Labute approximate surface area is 145 Å². The Balaban J connectivity index is 2.04. The van der Waals surface area contributed by atoms with E-state index in [4.69, 9.17) is 10.5 Å². The maximum Gasteiger partial charge on any atom is 0.337 e. The zero-order valence-corrected chi connectivity index (χ0v) is 14.0. The van der Waals surface area contributed by atoms with Gasteiger partial charge in [-0.2, -0.15) is 12.6 Å². The molecule has 0 saturated carbocycles. The van der Waals surface area contributed by atoms with Crippen LogP contribution >= 0.6 is 12.6 Å². The number of carbonyl (C=O) groups is 2. The number of amides is 1. The van der Waals surface area contributed by atoms with E-state index in [1.807, 2.05) is 0 Å². The number of benzene rings is 2. The summed E-state index contributed by atoms with van der Waals surface area (Å²) in [5, 5.41) is 2.69. The lowest BCUT2D eigenvalue weighted by Gasteiger charge is -2.11. The van der Waals surface area contributed by atoms with Gasteiger partial charge in [-0.3, -0.25) is 4.79 Å². The zero-order valence-electron chi connectivity index (χ0n) is 13.1. The SMILES string of the molecule is COC(=O)c1cccc(Oc2ccc(NC(=O)[C@@H](N)CS)cc2)c1. The molecule has 0 heterocycles. The smallest absolute Gasteiger partial charge is 0.337 e. The third kappa shape index (κ3) is 4.74. The first-order valence-electron chi connectivity index (χ1n) is 7.17. The molecular weight excluding hydrogens is 328 g/mol. The van der Waals surface area contributed by atoms with E-state index >= 15 is 0 Å². The van der Waals surface area contributed by atoms with Gasteiger partial charge < -0.3 is 20.5 Å². The van der Waals surface area contributed by atoms with Crippen LogP contribution in [-0.2, 0) is 9.53 Å². The van der Waals surface area contributed by atoms with Gasteiger partial charge in [0.2, 0.25) is 5.91 Å². The first-order valence-corrected chi connectivity index (χ1v) is 7.80. The van der Waals surface area contributed by atoms with Crippen molar-refractivity contribution in [1.29, 1.82) is 0 Å². The van der Waals surface area contributed by atoms with Gasteiger partial charge in [0, 0.05) is 11.4 Å². The number of thiol groups is 1. The van der Waals surface area contributed by atoms with Crippen LogP contribution in [0.1, 0.15) is 10.4 Å². The van der Waals surface area contributed by atoms with Gasteiger partial charge in [0.05, 0.1) is 18.7 Å². The van der Waals surface area contributed by atoms with Crippen molar-refractivity contribution in [3.8, 4) is 11.5 Å². The molecule has 2 rings (SSSR count). The Hall–Kier alpha value is -2.51. The highest BCUT2D eigenvalue weighted by Gasteiger charge is 2.11. The van der Waals surface area contributed by atoms with Crippen LogP contribution in [0.3, 0.4) is 0 Å². The van der Waals surface area contributed by atoms with Crippen molar-refractivity contribution in [1.82, 2.24) is 0 Å². The number of carbonyl (C=O) groups excluding carboxylic acids is 2. The summed E-state index contributed by atoms with van der Waals surface area (Å²) in [5.41, 5.74) is 6.60. The average molecular weight is 346 g/mol. The topological polar surface area (TPSA) is 90.6 Å². The number of anilines is 1. The van der Waals surface area contributed by atoms with Crippen molar-refractivity contribution >= 4 is 30.2 Å². The monoisotopic (exact) mass is 346 g/mol. The predicted molar refractivity (Wildman–Crippen MR) is 94.8 cm³/mol. The highest BCUT2D eigenvalue weighted by atomic mass is 32.1. The molecule has 0 bridgehead atoms. The van der Waals surface area contributed by atoms with E-state index in [0.29, 0.717) is 22.7 Å². The standard InChI is InChI=1S/C17H18N2O4S/c1-22-17(21)11-3-2-4-14(9-11)23-13-7-5-12(6-8-13)19-16(20)15(18)10-24/h2-9,15,24H,10,18H2,1H3,(H,19,20)/t15-/m0/s1. The summed E-state index contributed by atoms with van der Waals surface area (Å²) >= 11 is 3.98. The van der Waals surface area contributed by atoms with Crippen LogP contribution in [0.25, 0.3) is 0 Å². The van der Waals surface area contributed by atoms with Crippen molar-refractivity contribution in [2.24, 2.45) is 5.73 Å². The lowest BCUT2D eigenvalue weighted by atomic mass is 10.2. The van der Waals surface area contributed by atoms with Gasteiger partial charge in [0.1, 0.15) is 11.5 Å². The number of ether oxygens (including phenoxy) is 2. The summed E-state index contributed by atoms with van der Waals surface area (Å²) in [6.45, 7) is 0. The van der Waals surface area contributed by atoms with Crippen molar-refractivity contribution in [2.45, 2.75) is 6.04 Å². The molecule has 0 saturated heterocycles. The maximum absolute atomic E-state index is 11.7. The molecule has 2 aromatic carbocycles. The summed E-state index contributed by atoms with van der Waals surface area (Å²) in [6.07, 6.45) is 0. The Morgan fingerprint density at radius 2 is 1.88 bits per heavy atom. The first kappa shape index (κ1) is 17.8. The minimum Gasteiger partial charge on any atom is -0.465 e. The lowest BCUT2D eigenvalue weighted by Crippen LogP contribution is -2.37. The lowest BCUT2D eigenvalue weighted by molar-refractivity contribution is -0.116. The molecule has 0 fully saturated rings. The second kappa shape index (κ2) is 8.37. The summed E-state index contributed by atoms with van der Waals surface area (Å²) in [5.74, 6) is 0.604. The van der Waals surface area contributed by atoms with E-state index < -0.39 is 12.0 Å². The van der Waals surface area contributed by atoms with Gasteiger partial charge in [-0.15, -0.1) is 0 Å². The van der Waals surface area contributed by atoms with Crippen molar-refractivity contribution in [3.05, 3.63) is 54.1 Å². The minimum atomic E-state index is -0.662. The highest BCUT2D eigenvalue weighted by Crippen LogP contribution is 2.24. The zero-order chi connectivity index (χ0) is 17.5. The van der Waals surface area contributed by atoms with Crippen molar-refractivity contribution in [2.75, 3.05) is 18.2 Å². The Morgan fingerprint density at radius 1 is 1.17 bits per heavy atom. The normalized spacial score (nSPS) is 11.5. The molecule has 0 aromatic heterocycles. The molecule has 3 N–H and O–H groups in total. The van der Waals surface area contributed by atoms with Crippen LogP contribution in [0.5, 0.6) is 11.5 Å². The second-order valence-electron chi connectivity index (χ2n) is 4.92. The van der Waals surface area contributed by atoms with E-state index in [0.717, 1.165) is 0 Å². The van der Waals surface area contributed by atoms with Crippen LogP contribution in [0.4, 0.5) is 5.69 Å². The Kier molecular flexibility index (Phi) is 6.22. The number of esters is 1. The number of rotatable bonds is 6. The van der Waals surface area contributed by atoms with E-state index in [1.165, 1.54) is 7.11 Å². The van der Waals surface area contributed by atoms with Gasteiger partial charge >= 0.3 is 5.97 Å². The predicted octanol–water partition coefficient (Wildman–Crippen LogP) is 2.46. The van der Waals surface area contributed by atoms with E-state index in [1.54, 1.807) is 48.5 Å². The first-order chi connectivity index (χ1) is 11.5. The summed E-state index contributed by atoms with van der Waals surface area (Å²) < 4.78 is 10.4. The van der Waals surface area contributed by atoms with Crippen molar-refractivity contribution in [3.63, 3.8) is 0 Å². The van der Waals surface area contributed by atoms with E-state index in [-0.39, 0.29) is 11.7 Å². The molecule has 126 valence electrons. The quantitative estimate of drug-likeness (QED) is 0.552. The molecule has 7 heteroatoms. The summed E-state index contributed by atoms with van der Waals surface area (Å²) in [4.78, 5) is 23.2. The number of hydrogen-bond donors (Lipinski definition) is 3. The third-order valence-electron chi connectivity index (χ3n) is 3.15. The molecule has 0 unspecified atom stereocenters. The van der Waals surface area contributed by atoms with Gasteiger partial charge in [-0.1, -0.05) is 6.07 Å². The third-order valence-corrected chi connectivity index (χ3v) is 3.54. The largest absolute Gasteiger partial charge is 0.465 e. The van der Waals surface area contributed by atoms with Crippen LogP contribution in [-0.4, -0.2) is 30.8 Å². The molecule has 0 aliphatic heterocycles. The Morgan fingerprint density at radius 3 is 2.50 bits per heavy atom. The van der Waals surface area contributed by atoms with Crippen LogP contribution < -0.4 is 15.8 Å². The Bertz CT molecular complexity index is 719. The molecule has 1 atom stereocenters. The van der Waals surface area contributed by atoms with Gasteiger partial charge in [-0.05, 0) is 42.5 Å². The molecule has 6 nitrogen and oxygen atoms in total. The van der Waals surface area contributed by atoms with Gasteiger partial charge in [0.15, 0.2) is 0 Å². The number of methoxy groups -OCH3 is 1. The fraction of sp³-hybridized carbons (Fsp3) is 0.176. The number of nitrogens with two attached hydrogens (primary N) is 1. The fourth-order valence-electron chi connectivity index (χ4n) is 1.86. The van der Waals surface area contributed by atoms with Crippen LogP contribution in [0.2, 0.25) is 0 Å². The molecule has 2 aromatic rings.